The number of hydrogen-bond acceptors (Lipinski definition) is 2. The third kappa shape index (κ3) is 3.69. The third-order valence-electron chi connectivity index (χ3n) is 3.14. The highest BCUT2D eigenvalue weighted by Crippen LogP contribution is 2.38. The van der Waals surface area contributed by atoms with Crippen LogP contribution in [0, 0.1) is 0 Å². The maximum Gasteiger partial charge on any atom is 0.418 e. The van der Waals surface area contributed by atoms with Crippen LogP contribution in [0.5, 0.6) is 0 Å². The Bertz CT molecular complexity index is 641. The number of benzene rings is 2. The van der Waals surface area contributed by atoms with Gasteiger partial charge in [-0.1, -0.05) is 34.1 Å². The molecule has 0 aliphatic carbocycles. The normalized spacial score (nSPS) is 11.5. The van der Waals surface area contributed by atoms with E-state index in [9.17, 15) is 13.2 Å². The Morgan fingerprint density at radius 2 is 1.81 bits per heavy atom. The van der Waals surface area contributed by atoms with Gasteiger partial charge in [-0.3, -0.25) is 0 Å². The summed E-state index contributed by atoms with van der Waals surface area (Å²) in [6, 6.07) is 11.1. The second kappa shape index (κ2) is 5.97. The third-order valence-corrected chi connectivity index (χ3v) is 3.63. The molecule has 2 aromatic rings. The van der Waals surface area contributed by atoms with Crippen molar-refractivity contribution in [2.24, 2.45) is 0 Å². The maximum absolute atomic E-state index is 13.1. The number of anilines is 2. The van der Waals surface area contributed by atoms with Crippen LogP contribution in [-0.2, 0) is 12.7 Å². The van der Waals surface area contributed by atoms with E-state index in [4.69, 9.17) is 5.73 Å². The van der Waals surface area contributed by atoms with Gasteiger partial charge in [0.25, 0.3) is 0 Å². The average molecular weight is 359 g/mol. The van der Waals surface area contributed by atoms with Gasteiger partial charge in [-0.15, -0.1) is 0 Å². The number of nitrogens with zero attached hydrogens (tertiary/aromatic N) is 1. The van der Waals surface area contributed by atoms with E-state index >= 15 is 0 Å². The number of halogens is 4. The van der Waals surface area contributed by atoms with Crippen molar-refractivity contribution in [1.29, 1.82) is 0 Å². The molecule has 21 heavy (non-hydrogen) atoms. The molecule has 2 nitrogen and oxygen atoms in total. The van der Waals surface area contributed by atoms with E-state index in [0.29, 0.717) is 16.7 Å². The zero-order valence-corrected chi connectivity index (χ0v) is 12.9. The van der Waals surface area contributed by atoms with Gasteiger partial charge in [-0.05, 0) is 29.8 Å². The van der Waals surface area contributed by atoms with Crippen LogP contribution in [-0.4, -0.2) is 7.05 Å². The van der Waals surface area contributed by atoms with E-state index in [1.54, 1.807) is 30.1 Å². The number of nitrogen functional groups attached to an aromatic ring is 1. The highest BCUT2D eigenvalue weighted by molar-refractivity contribution is 9.10. The van der Waals surface area contributed by atoms with E-state index in [1.807, 2.05) is 6.07 Å². The lowest BCUT2D eigenvalue weighted by Crippen LogP contribution is -2.21. The molecule has 0 amide bonds. The van der Waals surface area contributed by atoms with Crippen LogP contribution in [0.4, 0.5) is 24.5 Å². The lowest BCUT2D eigenvalue weighted by atomic mass is 10.1. The molecule has 0 fully saturated rings. The van der Waals surface area contributed by atoms with Crippen LogP contribution in [0.15, 0.2) is 46.9 Å². The molecule has 0 heterocycles. The standard InChI is InChI=1S/C15H14BrF3N2/c1-21(9-10-4-2-3-5-13(10)20)14-8-11(16)6-7-12(14)15(17,18)19/h2-8H,9,20H2,1H3. The molecule has 2 aromatic carbocycles. The average Bonchev–Trinajstić information content (AvgIpc) is 2.40. The molecule has 112 valence electrons. The zero-order chi connectivity index (χ0) is 15.6. The van der Waals surface area contributed by atoms with Gasteiger partial charge >= 0.3 is 6.18 Å². The molecule has 0 spiro atoms. The van der Waals surface area contributed by atoms with Gasteiger partial charge in [-0.25, -0.2) is 0 Å². The lowest BCUT2D eigenvalue weighted by molar-refractivity contribution is -0.137. The first-order valence-corrected chi connectivity index (χ1v) is 6.99. The summed E-state index contributed by atoms with van der Waals surface area (Å²) in [5.74, 6) is 0. The molecular weight excluding hydrogens is 345 g/mol. The summed E-state index contributed by atoms with van der Waals surface area (Å²) < 4.78 is 39.9. The van der Waals surface area contributed by atoms with E-state index in [0.717, 1.165) is 11.6 Å². The van der Waals surface area contributed by atoms with Crippen LogP contribution < -0.4 is 10.6 Å². The fourth-order valence-electron chi connectivity index (χ4n) is 2.08. The highest BCUT2D eigenvalue weighted by Gasteiger charge is 2.34. The quantitative estimate of drug-likeness (QED) is 0.806. The summed E-state index contributed by atoms with van der Waals surface area (Å²) in [4.78, 5) is 1.54. The molecule has 2 rings (SSSR count). The topological polar surface area (TPSA) is 29.3 Å². The largest absolute Gasteiger partial charge is 0.418 e. The van der Waals surface area contributed by atoms with Gasteiger partial charge in [0.15, 0.2) is 0 Å². The van der Waals surface area contributed by atoms with Gasteiger partial charge < -0.3 is 10.6 Å². The van der Waals surface area contributed by atoms with Gasteiger partial charge in [-0.2, -0.15) is 13.2 Å². The fourth-order valence-corrected chi connectivity index (χ4v) is 2.43. The Hall–Kier alpha value is -1.69. The molecular formula is C15H14BrF3N2. The number of para-hydroxylation sites is 1. The maximum atomic E-state index is 13.1. The Balaban J connectivity index is 2.37. The molecule has 0 radical (unpaired) electrons. The number of alkyl halides is 3. The number of hydrogen-bond donors (Lipinski definition) is 1. The zero-order valence-electron chi connectivity index (χ0n) is 11.3. The summed E-state index contributed by atoms with van der Waals surface area (Å²) >= 11 is 3.21. The second-order valence-electron chi connectivity index (χ2n) is 4.71. The first kappa shape index (κ1) is 15.7. The first-order chi connectivity index (χ1) is 9.79. The summed E-state index contributed by atoms with van der Waals surface area (Å²) in [5, 5.41) is 0. The van der Waals surface area contributed by atoms with E-state index in [-0.39, 0.29) is 5.69 Å². The smallest absolute Gasteiger partial charge is 0.398 e. The lowest BCUT2D eigenvalue weighted by Gasteiger charge is -2.24. The van der Waals surface area contributed by atoms with Gasteiger partial charge in [0, 0.05) is 23.8 Å². The van der Waals surface area contributed by atoms with Crippen LogP contribution in [0.25, 0.3) is 0 Å². The number of rotatable bonds is 3. The Morgan fingerprint density at radius 1 is 1.14 bits per heavy atom. The molecule has 0 unspecified atom stereocenters. The minimum absolute atomic E-state index is 0.111. The molecule has 0 aromatic heterocycles. The fraction of sp³-hybridized carbons (Fsp3) is 0.200. The first-order valence-electron chi connectivity index (χ1n) is 6.20. The van der Waals surface area contributed by atoms with Crippen molar-refractivity contribution in [2.75, 3.05) is 17.7 Å². The molecule has 0 aliphatic heterocycles. The van der Waals surface area contributed by atoms with Crippen LogP contribution in [0.2, 0.25) is 0 Å². The van der Waals surface area contributed by atoms with Crippen molar-refractivity contribution in [1.82, 2.24) is 0 Å². The second-order valence-corrected chi connectivity index (χ2v) is 5.63. The van der Waals surface area contributed by atoms with Crippen molar-refractivity contribution in [3.05, 3.63) is 58.1 Å². The van der Waals surface area contributed by atoms with Crippen molar-refractivity contribution in [2.45, 2.75) is 12.7 Å². The number of nitrogens with two attached hydrogens (primary N) is 1. The molecule has 0 saturated carbocycles. The molecule has 0 bridgehead atoms. The molecule has 0 saturated heterocycles. The predicted molar refractivity (Wildman–Crippen MR) is 82.1 cm³/mol. The summed E-state index contributed by atoms with van der Waals surface area (Å²) in [6.45, 7) is 0.298. The predicted octanol–water partition coefficient (Wildman–Crippen LogP) is 4.69. The summed E-state index contributed by atoms with van der Waals surface area (Å²) in [7, 11) is 1.61. The van der Waals surface area contributed by atoms with E-state index in [2.05, 4.69) is 15.9 Å². The molecule has 0 aliphatic rings. The molecule has 6 heteroatoms. The minimum atomic E-state index is -4.40. The Morgan fingerprint density at radius 3 is 2.43 bits per heavy atom. The van der Waals surface area contributed by atoms with Gasteiger partial charge in [0.1, 0.15) is 0 Å². The monoisotopic (exact) mass is 358 g/mol. The van der Waals surface area contributed by atoms with Crippen LogP contribution >= 0.6 is 15.9 Å². The van der Waals surface area contributed by atoms with E-state index in [1.165, 1.54) is 12.1 Å². The summed E-state index contributed by atoms with van der Waals surface area (Å²) in [6.07, 6.45) is -4.40. The van der Waals surface area contributed by atoms with Crippen LogP contribution in [0.1, 0.15) is 11.1 Å². The summed E-state index contributed by atoms with van der Waals surface area (Å²) in [5.41, 5.74) is 6.64. The van der Waals surface area contributed by atoms with E-state index < -0.39 is 11.7 Å². The van der Waals surface area contributed by atoms with Crippen molar-refractivity contribution in [3.8, 4) is 0 Å². The highest BCUT2D eigenvalue weighted by atomic mass is 79.9. The van der Waals surface area contributed by atoms with Gasteiger partial charge in [0.2, 0.25) is 0 Å². The van der Waals surface area contributed by atoms with Crippen molar-refractivity contribution in [3.63, 3.8) is 0 Å². The molecule has 0 atom stereocenters. The van der Waals surface area contributed by atoms with Crippen molar-refractivity contribution >= 4 is 27.3 Å². The minimum Gasteiger partial charge on any atom is -0.398 e. The SMILES string of the molecule is CN(Cc1ccccc1N)c1cc(Br)ccc1C(F)(F)F. The van der Waals surface area contributed by atoms with Gasteiger partial charge in [0.05, 0.1) is 11.3 Å². The van der Waals surface area contributed by atoms with Crippen LogP contribution in [0.3, 0.4) is 0 Å². The Labute approximate surface area is 129 Å². The van der Waals surface area contributed by atoms with Crippen molar-refractivity contribution < 1.29 is 13.2 Å². The Kier molecular flexibility index (Phi) is 4.46. The molecule has 2 N–H and O–H groups in total.